The normalized spacial score (nSPS) is 25.0. The lowest BCUT2D eigenvalue weighted by Gasteiger charge is -2.57. The number of benzene rings is 4. The van der Waals surface area contributed by atoms with E-state index in [1.165, 1.54) is 38.5 Å². The molecule has 0 aromatic heterocycles. The molecule has 8 rings (SSSR count). The maximum atomic E-state index is 11.0. The first-order valence-corrected chi connectivity index (χ1v) is 13.5. The Hall–Kier alpha value is -3.92. The van der Waals surface area contributed by atoms with Crippen molar-refractivity contribution in [3.05, 3.63) is 95.6 Å². The predicted molar refractivity (Wildman–Crippen MR) is 150 cm³/mol. The molecule has 0 heterocycles. The Balaban J connectivity index is 0.000000139. The summed E-state index contributed by atoms with van der Waals surface area (Å²) >= 11 is 0. The number of hydrogen-bond acceptors (Lipinski definition) is 4. The number of aldehydes is 2. The highest BCUT2D eigenvalue weighted by Gasteiger charge is 2.52. The molecule has 4 aromatic carbocycles. The Bertz CT molecular complexity index is 1480. The lowest BCUT2D eigenvalue weighted by Crippen LogP contribution is -2.48. The summed E-state index contributed by atoms with van der Waals surface area (Å²) in [6.45, 7) is 0. The van der Waals surface area contributed by atoms with Crippen LogP contribution in [0.25, 0.3) is 21.9 Å². The molecular formula is C34H32O4. The minimum atomic E-state index is 0.0360. The van der Waals surface area contributed by atoms with Crippen LogP contribution in [0.1, 0.15) is 64.8 Å². The van der Waals surface area contributed by atoms with E-state index >= 15 is 0 Å². The predicted octanol–water partition coefficient (Wildman–Crippen LogP) is 7.70. The van der Waals surface area contributed by atoms with Gasteiger partial charge in [0.1, 0.15) is 11.5 Å². The Morgan fingerprint density at radius 2 is 1.13 bits per heavy atom. The summed E-state index contributed by atoms with van der Waals surface area (Å²) in [5, 5.41) is 22.8. The number of fused-ring (bicyclic) bond motifs is 1. The molecule has 4 nitrogen and oxygen atoms in total. The minimum Gasteiger partial charge on any atom is -0.507 e. The fraction of sp³-hybridized carbons (Fsp3) is 0.294. The van der Waals surface area contributed by atoms with Crippen LogP contribution >= 0.6 is 0 Å². The van der Waals surface area contributed by atoms with Crippen LogP contribution < -0.4 is 0 Å². The van der Waals surface area contributed by atoms with Crippen molar-refractivity contribution in [2.75, 3.05) is 0 Å². The smallest absolute Gasteiger partial charge is 0.153 e. The van der Waals surface area contributed by atoms with Crippen molar-refractivity contribution < 1.29 is 19.8 Å². The zero-order valence-corrected chi connectivity index (χ0v) is 21.3. The molecule has 0 saturated heterocycles. The molecule has 4 aliphatic carbocycles. The van der Waals surface area contributed by atoms with Gasteiger partial charge in [-0.2, -0.15) is 0 Å². The number of rotatable bonds is 4. The van der Waals surface area contributed by atoms with Crippen molar-refractivity contribution in [2.45, 2.75) is 43.9 Å². The lowest BCUT2D eigenvalue weighted by atomic mass is 9.48. The zero-order chi connectivity index (χ0) is 26.3. The highest BCUT2D eigenvalue weighted by atomic mass is 16.3. The summed E-state index contributed by atoms with van der Waals surface area (Å²) in [5.41, 5.74) is 3.59. The van der Waals surface area contributed by atoms with Crippen molar-refractivity contribution in [1.29, 1.82) is 0 Å². The van der Waals surface area contributed by atoms with Crippen molar-refractivity contribution in [3.63, 3.8) is 0 Å². The van der Waals surface area contributed by atoms with Gasteiger partial charge in [-0.25, -0.2) is 0 Å². The number of carbonyl (C=O) groups excluding carboxylic acids is 2. The second-order valence-corrected chi connectivity index (χ2v) is 11.4. The molecule has 4 heteroatoms. The molecule has 4 bridgehead atoms. The van der Waals surface area contributed by atoms with Gasteiger partial charge in [-0.1, -0.05) is 66.7 Å². The molecule has 4 aliphatic rings. The molecule has 4 saturated carbocycles. The first-order chi connectivity index (χ1) is 18.5. The van der Waals surface area contributed by atoms with E-state index < -0.39 is 0 Å². The van der Waals surface area contributed by atoms with Gasteiger partial charge in [0.15, 0.2) is 12.6 Å². The molecule has 2 N–H and O–H groups in total. The van der Waals surface area contributed by atoms with E-state index in [-0.39, 0.29) is 16.9 Å². The number of carbonyl (C=O) groups is 2. The van der Waals surface area contributed by atoms with Gasteiger partial charge in [0.2, 0.25) is 0 Å². The summed E-state index contributed by atoms with van der Waals surface area (Å²) in [5.74, 6) is 2.84. The van der Waals surface area contributed by atoms with Gasteiger partial charge in [-0.3, -0.25) is 9.59 Å². The van der Waals surface area contributed by atoms with E-state index in [9.17, 15) is 19.8 Å². The van der Waals surface area contributed by atoms with Crippen molar-refractivity contribution in [2.24, 2.45) is 17.8 Å². The monoisotopic (exact) mass is 504 g/mol. The van der Waals surface area contributed by atoms with E-state index in [0.29, 0.717) is 23.0 Å². The second-order valence-electron chi connectivity index (χ2n) is 11.4. The summed E-state index contributed by atoms with van der Waals surface area (Å²) in [7, 11) is 0. The average Bonchev–Trinajstić information content (AvgIpc) is 2.93. The summed E-state index contributed by atoms with van der Waals surface area (Å²) < 4.78 is 0. The highest BCUT2D eigenvalue weighted by molar-refractivity contribution is 5.99. The summed E-state index contributed by atoms with van der Waals surface area (Å²) in [6, 6.07) is 24.8. The number of phenols is 2. The van der Waals surface area contributed by atoms with Crippen LogP contribution in [0.3, 0.4) is 0 Å². The van der Waals surface area contributed by atoms with Gasteiger partial charge >= 0.3 is 0 Å². The Morgan fingerprint density at radius 3 is 1.79 bits per heavy atom. The quantitative estimate of drug-likeness (QED) is 0.279. The van der Waals surface area contributed by atoms with Crippen LogP contribution in [-0.2, 0) is 5.41 Å². The van der Waals surface area contributed by atoms with E-state index in [1.54, 1.807) is 18.2 Å². The molecule has 0 unspecified atom stereocenters. The van der Waals surface area contributed by atoms with E-state index in [4.69, 9.17) is 0 Å². The van der Waals surface area contributed by atoms with Crippen molar-refractivity contribution in [1.82, 2.24) is 0 Å². The number of hydrogen-bond donors (Lipinski definition) is 2. The van der Waals surface area contributed by atoms with Gasteiger partial charge < -0.3 is 10.2 Å². The third kappa shape index (κ3) is 4.18. The minimum absolute atomic E-state index is 0.0360. The average molecular weight is 505 g/mol. The Labute approximate surface area is 223 Å². The second kappa shape index (κ2) is 9.75. The maximum Gasteiger partial charge on any atom is 0.153 e. The van der Waals surface area contributed by atoms with Gasteiger partial charge in [0.05, 0.1) is 11.1 Å². The topological polar surface area (TPSA) is 74.6 Å². The number of aromatic hydroxyl groups is 2. The van der Waals surface area contributed by atoms with Gasteiger partial charge in [-0.15, -0.1) is 0 Å². The maximum absolute atomic E-state index is 11.0. The van der Waals surface area contributed by atoms with Gasteiger partial charge in [0, 0.05) is 11.1 Å². The molecule has 0 atom stereocenters. The zero-order valence-electron chi connectivity index (χ0n) is 21.3. The number of para-hydroxylation sites is 2. The first-order valence-electron chi connectivity index (χ1n) is 13.5. The molecule has 0 radical (unpaired) electrons. The van der Waals surface area contributed by atoms with E-state index in [1.807, 2.05) is 54.6 Å². The molecule has 4 aromatic rings. The van der Waals surface area contributed by atoms with Gasteiger partial charge in [0.25, 0.3) is 0 Å². The molecule has 0 aliphatic heterocycles. The summed E-state index contributed by atoms with van der Waals surface area (Å²) in [6.07, 6.45) is 9.29. The largest absolute Gasteiger partial charge is 0.507 e. The lowest BCUT2D eigenvalue weighted by molar-refractivity contribution is -0.00615. The fourth-order valence-corrected chi connectivity index (χ4v) is 7.86. The number of phenolic OH excluding ortho intramolecular Hbond substituents is 2. The molecule has 192 valence electrons. The first kappa shape index (κ1) is 24.4. The molecule has 0 amide bonds. The standard InChI is InChI=1S/C17H20O2.C17H12O2/c18-10-14-2-1-3-15(16(14)19)17-7-11-4-12(8-17)6-13(5-11)9-17;18-11-13-7-4-10-16(17(13)19)15-9-3-6-12-5-1-2-8-14(12)15/h1-3,10-13,19H,4-9H2;1-11,19H. The molecule has 38 heavy (non-hydrogen) atoms. The van der Waals surface area contributed by atoms with Crippen LogP contribution in [0.5, 0.6) is 11.5 Å². The fourth-order valence-electron chi connectivity index (χ4n) is 7.86. The molecular weight excluding hydrogens is 472 g/mol. The Kier molecular flexibility index (Phi) is 6.27. The van der Waals surface area contributed by atoms with Crippen LogP contribution in [0.2, 0.25) is 0 Å². The van der Waals surface area contributed by atoms with Crippen LogP contribution in [-0.4, -0.2) is 22.8 Å². The molecule has 0 spiro atoms. The highest BCUT2D eigenvalue weighted by Crippen LogP contribution is 2.61. The van der Waals surface area contributed by atoms with Crippen LogP contribution in [0, 0.1) is 17.8 Å². The Morgan fingerprint density at radius 1 is 0.605 bits per heavy atom. The molecule has 4 fully saturated rings. The SMILES string of the molecule is O=Cc1cccc(-c2cccc3ccccc23)c1O.O=Cc1cccc(C23CC4CC(CC(C4)C2)C3)c1O. The summed E-state index contributed by atoms with van der Waals surface area (Å²) in [4.78, 5) is 22.0. The third-order valence-corrected chi connectivity index (χ3v) is 9.08. The third-order valence-electron chi connectivity index (χ3n) is 9.08. The van der Waals surface area contributed by atoms with Crippen LogP contribution in [0.15, 0.2) is 78.9 Å². The van der Waals surface area contributed by atoms with Crippen LogP contribution in [0.4, 0.5) is 0 Å². The van der Waals surface area contributed by atoms with Crippen molar-refractivity contribution >= 4 is 23.3 Å². The van der Waals surface area contributed by atoms with E-state index in [2.05, 4.69) is 6.07 Å². The van der Waals surface area contributed by atoms with E-state index in [0.717, 1.165) is 45.9 Å². The van der Waals surface area contributed by atoms with Gasteiger partial charge in [-0.05, 0) is 90.2 Å². The van der Waals surface area contributed by atoms with Crippen molar-refractivity contribution in [3.8, 4) is 22.6 Å².